The number of pyridine rings is 3. The van der Waals surface area contributed by atoms with Crippen LogP contribution >= 0.6 is 0 Å². The molecule has 4 rings (SSSR count). The summed E-state index contributed by atoms with van der Waals surface area (Å²) in [5.41, 5.74) is 2.80. The fourth-order valence-electron chi connectivity index (χ4n) is 4.21. The van der Waals surface area contributed by atoms with Crippen molar-refractivity contribution in [2.75, 3.05) is 26.7 Å². The average molecular weight is 490 g/mol. The predicted octanol–water partition coefficient (Wildman–Crippen LogP) is 2.46. The summed E-state index contributed by atoms with van der Waals surface area (Å²) in [6.07, 6.45) is 8.21. The Morgan fingerprint density at radius 3 is 2.67 bits per heavy atom. The Kier molecular flexibility index (Phi) is 7.90. The largest absolute Gasteiger partial charge is 0.472 e. The van der Waals surface area contributed by atoms with Crippen molar-refractivity contribution in [3.05, 3.63) is 72.4 Å². The molecular formula is C27H31N5O4. The molecule has 2 amide bonds. The minimum atomic E-state index is -0.410. The summed E-state index contributed by atoms with van der Waals surface area (Å²) in [5, 5.41) is 9.85. The SMILES string of the molecule is C[C@@H]1CN([C@@H](C)CO)C(=O)c2cc(-c3ccncc3)cnc2O[C@H]1CN(C)C(=O)Cc1cccnc1. The third-order valence-electron chi connectivity index (χ3n) is 6.49. The van der Waals surface area contributed by atoms with E-state index in [0.29, 0.717) is 18.7 Å². The van der Waals surface area contributed by atoms with Gasteiger partial charge in [-0.15, -0.1) is 0 Å². The Morgan fingerprint density at radius 1 is 1.19 bits per heavy atom. The van der Waals surface area contributed by atoms with Crippen LogP contribution in [0.1, 0.15) is 29.8 Å². The number of hydrogen-bond acceptors (Lipinski definition) is 7. The Hall–Kier alpha value is -3.85. The van der Waals surface area contributed by atoms with E-state index in [2.05, 4.69) is 15.0 Å². The number of aliphatic hydroxyl groups is 1. The molecule has 4 heterocycles. The van der Waals surface area contributed by atoms with Gasteiger partial charge in [0.15, 0.2) is 0 Å². The van der Waals surface area contributed by atoms with Crippen LogP contribution in [0.5, 0.6) is 5.88 Å². The standard InChI is InChI=1S/C27H31N5O4/c1-18-15-32(19(2)17-33)27(35)23-12-22(21-6-9-28-10-7-21)14-30-26(23)36-24(18)16-31(3)25(34)11-20-5-4-8-29-13-20/h4-10,12-14,18-19,24,33H,11,15-17H2,1-3H3/t18-,19+,24+/m1/s1. The number of carbonyl (C=O) groups is 2. The van der Waals surface area contributed by atoms with E-state index in [1.165, 1.54) is 0 Å². The predicted molar refractivity (Wildman–Crippen MR) is 134 cm³/mol. The molecule has 3 atom stereocenters. The highest BCUT2D eigenvalue weighted by Crippen LogP contribution is 2.30. The van der Waals surface area contributed by atoms with Gasteiger partial charge >= 0.3 is 0 Å². The Bertz CT molecular complexity index is 1190. The number of carbonyl (C=O) groups excluding carboxylic acids is 2. The number of hydrogen-bond donors (Lipinski definition) is 1. The maximum absolute atomic E-state index is 13.6. The van der Waals surface area contributed by atoms with Crippen molar-refractivity contribution in [3.8, 4) is 17.0 Å². The number of ether oxygens (including phenoxy) is 1. The molecule has 1 N–H and O–H groups in total. The monoisotopic (exact) mass is 489 g/mol. The molecule has 3 aromatic heterocycles. The summed E-state index contributed by atoms with van der Waals surface area (Å²) in [5.74, 6) is -0.205. The Balaban J connectivity index is 1.62. The number of aromatic nitrogens is 3. The van der Waals surface area contributed by atoms with Crippen molar-refractivity contribution in [1.29, 1.82) is 0 Å². The molecule has 9 nitrogen and oxygen atoms in total. The molecule has 0 saturated carbocycles. The van der Waals surface area contributed by atoms with Crippen LogP contribution in [0.25, 0.3) is 11.1 Å². The van der Waals surface area contributed by atoms with Gasteiger partial charge in [-0.1, -0.05) is 13.0 Å². The van der Waals surface area contributed by atoms with Crippen molar-refractivity contribution in [1.82, 2.24) is 24.8 Å². The van der Waals surface area contributed by atoms with Crippen LogP contribution < -0.4 is 4.74 Å². The lowest BCUT2D eigenvalue weighted by atomic mass is 9.99. The normalized spacial score (nSPS) is 18.4. The number of aliphatic hydroxyl groups excluding tert-OH is 1. The molecule has 0 unspecified atom stereocenters. The van der Waals surface area contributed by atoms with Crippen LogP contribution in [0, 0.1) is 5.92 Å². The molecule has 9 heteroatoms. The molecule has 0 saturated heterocycles. The van der Waals surface area contributed by atoms with Crippen molar-refractivity contribution >= 4 is 11.8 Å². The van der Waals surface area contributed by atoms with E-state index < -0.39 is 6.10 Å². The minimum absolute atomic E-state index is 0.0567. The van der Waals surface area contributed by atoms with Gasteiger partial charge in [-0.3, -0.25) is 19.6 Å². The number of fused-ring (bicyclic) bond motifs is 1. The molecule has 0 radical (unpaired) electrons. The van der Waals surface area contributed by atoms with Gasteiger partial charge in [0.2, 0.25) is 11.8 Å². The second kappa shape index (κ2) is 11.3. The summed E-state index contributed by atoms with van der Waals surface area (Å²) in [4.78, 5) is 42.4. The van der Waals surface area contributed by atoms with E-state index in [4.69, 9.17) is 4.74 Å². The van der Waals surface area contributed by atoms with Crippen molar-refractivity contribution < 1.29 is 19.4 Å². The molecule has 0 aliphatic carbocycles. The molecule has 0 spiro atoms. The number of rotatable bonds is 7. The smallest absolute Gasteiger partial charge is 0.259 e. The molecule has 3 aromatic rings. The summed E-state index contributed by atoms with van der Waals surface area (Å²) in [6, 6.07) is 8.74. The second-order valence-corrected chi connectivity index (χ2v) is 9.25. The second-order valence-electron chi connectivity index (χ2n) is 9.25. The van der Waals surface area contributed by atoms with Crippen LogP contribution in [0.3, 0.4) is 0 Å². The van der Waals surface area contributed by atoms with Gasteiger partial charge in [0.1, 0.15) is 11.7 Å². The summed E-state index contributed by atoms with van der Waals surface area (Å²) in [7, 11) is 1.74. The first-order valence-corrected chi connectivity index (χ1v) is 12.0. The number of nitrogens with zero attached hydrogens (tertiary/aromatic N) is 5. The highest BCUT2D eigenvalue weighted by atomic mass is 16.5. The third kappa shape index (κ3) is 5.68. The maximum atomic E-state index is 13.6. The Morgan fingerprint density at radius 2 is 1.97 bits per heavy atom. The van der Waals surface area contributed by atoms with Crippen molar-refractivity contribution in [3.63, 3.8) is 0 Å². The van der Waals surface area contributed by atoms with Gasteiger partial charge < -0.3 is 19.6 Å². The number of likely N-dealkylation sites (N-methyl/N-ethyl adjacent to an activating group) is 1. The topological polar surface area (TPSA) is 109 Å². The lowest BCUT2D eigenvalue weighted by molar-refractivity contribution is -0.130. The van der Waals surface area contributed by atoms with Gasteiger partial charge in [0.25, 0.3) is 5.91 Å². The molecule has 1 aliphatic rings. The Labute approximate surface area is 210 Å². The molecule has 188 valence electrons. The van der Waals surface area contributed by atoms with Gasteiger partial charge in [-0.05, 0) is 42.3 Å². The lowest BCUT2D eigenvalue weighted by Crippen LogP contribution is -2.50. The van der Waals surface area contributed by atoms with E-state index in [-0.39, 0.29) is 42.7 Å². The van der Waals surface area contributed by atoms with E-state index in [1.54, 1.807) is 60.0 Å². The van der Waals surface area contributed by atoms with E-state index in [0.717, 1.165) is 16.7 Å². The minimum Gasteiger partial charge on any atom is -0.472 e. The summed E-state index contributed by atoms with van der Waals surface area (Å²) < 4.78 is 6.30. The van der Waals surface area contributed by atoms with E-state index in [1.807, 2.05) is 32.0 Å². The van der Waals surface area contributed by atoms with Crippen LogP contribution in [0.2, 0.25) is 0 Å². The first-order chi connectivity index (χ1) is 17.4. The van der Waals surface area contributed by atoms with Crippen molar-refractivity contribution in [2.45, 2.75) is 32.4 Å². The lowest BCUT2D eigenvalue weighted by Gasteiger charge is -2.37. The average Bonchev–Trinajstić information content (AvgIpc) is 2.91. The molecule has 0 fully saturated rings. The zero-order valence-electron chi connectivity index (χ0n) is 20.7. The van der Waals surface area contributed by atoms with Crippen molar-refractivity contribution in [2.24, 2.45) is 5.92 Å². The molecule has 36 heavy (non-hydrogen) atoms. The van der Waals surface area contributed by atoms with Gasteiger partial charge in [0, 0.05) is 56.1 Å². The summed E-state index contributed by atoms with van der Waals surface area (Å²) in [6.45, 7) is 4.31. The first-order valence-electron chi connectivity index (χ1n) is 12.0. The fourth-order valence-corrected chi connectivity index (χ4v) is 4.21. The summed E-state index contributed by atoms with van der Waals surface area (Å²) >= 11 is 0. The molecule has 0 aromatic carbocycles. The number of amides is 2. The fraction of sp³-hybridized carbons (Fsp3) is 0.370. The third-order valence-corrected chi connectivity index (χ3v) is 6.49. The van der Waals surface area contributed by atoms with Gasteiger partial charge in [0.05, 0.1) is 25.6 Å². The van der Waals surface area contributed by atoms with Crippen LogP contribution in [-0.2, 0) is 11.2 Å². The molecule has 0 bridgehead atoms. The highest BCUT2D eigenvalue weighted by Gasteiger charge is 2.34. The van der Waals surface area contributed by atoms with Gasteiger partial charge in [-0.2, -0.15) is 0 Å². The van der Waals surface area contributed by atoms with Crippen LogP contribution in [0.4, 0.5) is 0 Å². The quantitative estimate of drug-likeness (QED) is 0.543. The van der Waals surface area contributed by atoms with E-state index >= 15 is 0 Å². The highest BCUT2D eigenvalue weighted by molar-refractivity contribution is 5.98. The van der Waals surface area contributed by atoms with E-state index in [9.17, 15) is 14.7 Å². The van der Waals surface area contributed by atoms with Crippen LogP contribution in [-0.4, -0.2) is 80.6 Å². The zero-order valence-corrected chi connectivity index (χ0v) is 20.7. The molecule has 1 aliphatic heterocycles. The molecular weight excluding hydrogens is 458 g/mol. The van der Waals surface area contributed by atoms with Crippen LogP contribution in [0.15, 0.2) is 61.3 Å². The zero-order chi connectivity index (χ0) is 25.7. The first kappa shape index (κ1) is 25.2. The maximum Gasteiger partial charge on any atom is 0.259 e. The van der Waals surface area contributed by atoms with Gasteiger partial charge in [-0.25, -0.2) is 4.98 Å².